The Morgan fingerprint density at radius 3 is 2.58 bits per heavy atom. The van der Waals surface area contributed by atoms with Crippen LogP contribution >= 0.6 is 11.3 Å². The topological polar surface area (TPSA) is 87.2 Å². The van der Waals surface area contributed by atoms with Crippen LogP contribution in [0.4, 0.5) is 9.18 Å². The Hall–Kier alpha value is -2.94. The summed E-state index contributed by atoms with van der Waals surface area (Å²) in [6.07, 6.45) is 0.717. The minimum absolute atomic E-state index is 0.0221. The molecule has 1 aromatic carbocycles. The Bertz CT molecular complexity index is 1080. The standard InChI is InChI=1S/C24H27FN2O5S/c1-24(2,3)32-23(31)27(18-11-17(18)14-4-6-16(25)7-5-14)13-21(28)26-9-8-19-15(12-26)10-20(33-19)22(29)30/h4-7,10,17-18H,8-9,11-13H2,1-3H3,(H,29,30). The highest BCUT2D eigenvalue weighted by Crippen LogP contribution is 2.45. The Kier molecular flexibility index (Phi) is 6.18. The first kappa shape index (κ1) is 23.2. The molecule has 7 nitrogen and oxygen atoms in total. The van der Waals surface area contributed by atoms with E-state index in [1.807, 2.05) is 0 Å². The number of thiophene rings is 1. The molecular weight excluding hydrogens is 447 g/mol. The van der Waals surface area contributed by atoms with Crippen LogP contribution < -0.4 is 0 Å². The number of carboxylic acids is 1. The van der Waals surface area contributed by atoms with E-state index in [1.165, 1.54) is 28.4 Å². The van der Waals surface area contributed by atoms with Gasteiger partial charge in [0.25, 0.3) is 0 Å². The molecule has 2 heterocycles. The molecule has 0 spiro atoms. The molecule has 0 saturated heterocycles. The lowest BCUT2D eigenvalue weighted by atomic mass is 10.1. The maximum atomic E-state index is 13.3. The fourth-order valence-electron chi connectivity index (χ4n) is 4.13. The monoisotopic (exact) mass is 474 g/mol. The summed E-state index contributed by atoms with van der Waals surface area (Å²) in [5.41, 5.74) is 1.06. The van der Waals surface area contributed by atoms with E-state index >= 15 is 0 Å². The molecule has 0 bridgehead atoms. The maximum absolute atomic E-state index is 13.3. The second kappa shape index (κ2) is 8.78. The Balaban J connectivity index is 1.48. The van der Waals surface area contributed by atoms with Gasteiger partial charge in [-0.15, -0.1) is 11.3 Å². The van der Waals surface area contributed by atoms with Crippen molar-refractivity contribution in [2.75, 3.05) is 13.1 Å². The van der Waals surface area contributed by atoms with E-state index in [0.29, 0.717) is 25.9 Å². The molecular formula is C24H27FN2O5S. The molecule has 9 heteroatoms. The first-order valence-corrected chi connectivity index (χ1v) is 11.7. The smallest absolute Gasteiger partial charge is 0.411 e. The average molecular weight is 475 g/mol. The van der Waals surface area contributed by atoms with Crippen LogP contribution in [0.3, 0.4) is 0 Å². The van der Waals surface area contributed by atoms with Gasteiger partial charge in [-0.05, 0) is 62.9 Å². The second-order valence-corrected chi connectivity index (χ2v) is 10.6. The normalized spacial score (nSPS) is 19.6. The highest BCUT2D eigenvalue weighted by atomic mass is 32.1. The second-order valence-electron chi connectivity index (χ2n) is 9.50. The van der Waals surface area contributed by atoms with Gasteiger partial charge in [0.2, 0.25) is 5.91 Å². The predicted octanol–water partition coefficient (Wildman–Crippen LogP) is 4.26. The molecule has 4 rings (SSSR count). The van der Waals surface area contributed by atoms with E-state index in [4.69, 9.17) is 4.74 Å². The van der Waals surface area contributed by atoms with Crippen LogP contribution in [0.1, 0.15) is 58.8 Å². The number of nitrogens with zero attached hydrogens (tertiary/aromatic N) is 2. The fourth-order valence-corrected chi connectivity index (χ4v) is 5.13. The predicted molar refractivity (Wildman–Crippen MR) is 121 cm³/mol. The number of rotatable bonds is 5. The number of benzene rings is 1. The van der Waals surface area contributed by atoms with Crippen molar-refractivity contribution in [2.24, 2.45) is 0 Å². The molecule has 2 aliphatic rings. The minimum Gasteiger partial charge on any atom is -0.477 e. The van der Waals surface area contributed by atoms with E-state index in [0.717, 1.165) is 16.0 Å². The minimum atomic E-state index is -0.969. The van der Waals surface area contributed by atoms with Gasteiger partial charge in [-0.25, -0.2) is 14.0 Å². The van der Waals surface area contributed by atoms with Crippen LogP contribution in [0.25, 0.3) is 0 Å². The number of carbonyl (C=O) groups is 3. The quantitative estimate of drug-likeness (QED) is 0.700. The zero-order chi connectivity index (χ0) is 23.9. The van der Waals surface area contributed by atoms with Gasteiger partial charge in [0.05, 0.1) is 0 Å². The third-order valence-electron chi connectivity index (χ3n) is 5.82. The van der Waals surface area contributed by atoms with Crippen molar-refractivity contribution in [3.8, 4) is 0 Å². The van der Waals surface area contributed by atoms with Crippen LogP contribution in [0.5, 0.6) is 0 Å². The van der Waals surface area contributed by atoms with Crippen LogP contribution in [-0.4, -0.2) is 57.6 Å². The van der Waals surface area contributed by atoms with Crippen LogP contribution in [0.15, 0.2) is 30.3 Å². The van der Waals surface area contributed by atoms with Crippen LogP contribution in [-0.2, 0) is 22.5 Å². The van der Waals surface area contributed by atoms with Crippen LogP contribution in [0.2, 0.25) is 0 Å². The first-order chi connectivity index (χ1) is 15.5. The summed E-state index contributed by atoms with van der Waals surface area (Å²) in [6, 6.07) is 7.62. The molecule has 1 N–H and O–H groups in total. The lowest BCUT2D eigenvalue weighted by molar-refractivity contribution is -0.133. The summed E-state index contributed by atoms with van der Waals surface area (Å²) in [6.45, 7) is 6.00. The van der Waals surface area contributed by atoms with E-state index in [-0.39, 0.29) is 35.1 Å². The number of hydrogen-bond acceptors (Lipinski definition) is 5. The lowest BCUT2D eigenvalue weighted by Gasteiger charge is -2.31. The Labute approximate surface area is 195 Å². The number of halogens is 1. The summed E-state index contributed by atoms with van der Waals surface area (Å²) in [5, 5.41) is 9.23. The number of ether oxygens (including phenoxy) is 1. The van der Waals surface area contributed by atoms with Gasteiger partial charge in [0, 0.05) is 29.9 Å². The van der Waals surface area contributed by atoms with Gasteiger partial charge in [0.15, 0.2) is 0 Å². The fraction of sp³-hybridized carbons (Fsp3) is 0.458. The van der Waals surface area contributed by atoms with Gasteiger partial charge >= 0.3 is 12.1 Å². The third kappa shape index (κ3) is 5.35. The number of carboxylic acid groups (broad SMARTS) is 1. The highest BCUT2D eigenvalue weighted by molar-refractivity contribution is 7.14. The molecule has 1 aliphatic heterocycles. The van der Waals surface area contributed by atoms with Crippen molar-refractivity contribution in [1.29, 1.82) is 0 Å². The summed E-state index contributed by atoms with van der Waals surface area (Å²) < 4.78 is 18.9. The van der Waals surface area contributed by atoms with Gasteiger partial charge in [-0.1, -0.05) is 12.1 Å². The van der Waals surface area contributed by atoms with Gasteiger partial charge in [0.1, 0.15) is 22.8 Å². The maximum Gasteiger partial charge on any atom is 0.411 e. The molecule has 2 amide bonds. The number of amides is 2. The van der Waals surface area contributed by atoms with Crippen molar-refractivity contribution in [3.05, 3.63) is 57.0 Å². The Morgan fingerprint density at radius 1 is 1.24 bits per heavy atom. The molecule has 1 aliphatic carbocycles. The van der Waals surface area contributed by atoms with Crippen molar-refractivity contribution in [3.63, 3.8) is 0 Å². The highest BCUT2D eigenvalue weighted by Gasteiger charge is 2.47. The average Bonchev–Trinajstić information content (AvgIpc) is 3.39. The van der Waals surface area contributed by atoms with Gasteiger partial charge < -0.3 is 14.7 Å². The molecule has 33 heavy (non-hydrogen) atoms. The summed E-state index contributed by atoms with van der Waals surface area (Å²) in [5.74, 6) is -1.48. The van der Waals surface area contributed by atoms with Gasteiger partial charge in [-0.2, -0.15) is 0 Å². The molecule has 176 valence electrons. The van der Waals surface area contributed by atoms with Crippen molar-refractivity contribution in [1.82, 2.24) is 9.80 Å². The van der Waals surface area contributed by atoms with E-state index < -0.39 is 17.7 Å². The molecule has 0 radical (unpaired) electrons. The zero-order valence-electron chi connectivity index (χ0n) is 18.8. The number of hydrogen-bond donors (Lipinski definition) is 1. The molecule has 1 saturated carbocycles. The number of carbonyl (C=O) groups excluding carboxylic acids is 2. The third-order valence-corrected chi connectivity index (χ3v) is 7.04. The van der Waals surface area contributed by atoms with E-state index in [1.54, 1.807) is 43.9 Å². The Morgan fingerprint density at radius 2 is 1.94 bits per heavy atom. The van der Waals surface area contributed by atoms with Crippen LogP contribution in [0, 0.1) is 5.82 Å². The SMILES string of the molecule is CC(C)(C)OC(=O)N(CC(=O)N1CCc2sc(C(=O)O)cc2C1)C1CC1c1ccc(F)cc1. The zero-order valence-corrected chi connectivity index (χ0v) is 19.7. The lowest BCUT2D eigenvalue weighted by Crippen LogP contribution is -2.47. The van der Waals surface area contributed by atoms with Crippen molar-refractivity contribution in [2.45, 2.75) is 57.7 Å². The van der Waals surface area contributed by atoms with Gasteiger partial charge in [-0.3, -0.25) is 9.69 Å². The summed E-state index contributed by atoms with van der Waals surface area (Å²) in [4.78, 5) is 41.8. The number of fused-ring (bicyclic) bond motifs is 1. The molecule has 1 fully saturated rings. The van der Waals surface area contributed by atoms with E-state index in [2.05, 4.69) is 0 Å². The molecule has 1 aromatic heterocycles. The van der Waals surface area contributed by atoms with Crippen molar-refractivity contribution < 1.29 is 28.6 Å². The summed E-state index contributed by atoms with van der Waals surface area (Å²) >= 11 is 1.25. The molecule has 2 aromatic rings. The molecule has 2 atom stereocenters. The summed E-state index contributed by atoms with van der Waals surface area (Å²) in [7, 11) is 0. The first-order valence-electron chi connectivity index (χ1n) is 10.9. The van der Waals surface area contributed by atoms with Crippen molar-refractivity contribution >= 4 is 29.3 Å². The van der Waals surface area contributed by atoms with E-state index in [9.17, 15) is 23.9 Å². The largest absolute Gasteiger partial charge is 0.477 e. The number of aromatic carboxylic acids is 1. The molecule has 2 unspecified atom stereocenters.